The number of rotatable bonds is 7. The number of hydrogen-bond acceptors (Lipinski definition) is 4. The first-order valence-corrected chi connectivity index (χ1v) is 8.95. The van der Waals surface area contributed by atoms with Gasteiger partial charge in [0.2, 0.25) is 0 Å². The van der Waals surface area contributed by atoms with Gasteiger partial charge in [0.05, 0.1) is 4.90 Å². The summed E-state index contributed by atoms with van der Waals surface area (Å²) in [6.45, 7) is 5.16. The summed E-state index contributed by atoms with van der Waals surface area (Å²) in [5, 5.41) is 2.88. The second-order valence-electron chi connectivity index (χ2n) is 5.39. The average molecular weight is 312 g/mol. The standard InChI is InChI=1S/C15H24N2O3S/c1-4-15(5-2,10-16)11-17-14(18)12-6-8-13(9-7-12)21(3,19)20/h6-9H,4-5,10-11,16H2,1-3H3,(H,17,18). The molecule has 1 amide bonds. The molecule has 118 valence electrons. The van der Waals surface area contributed by atoms with Crippen molar-refractivity contribution in [3.8, 4) is 0 Å². The molecule has 0 atom stereocenters. The van der Waals surface area contributed by atoms with Crippen molar-refractivity contribution in [2.45, 2.75) is 31.6 Å². The Kier molecular flexibility index (Phi) is 5.92. The van der Waals surface area contributed by atoms with Crippen molar-refractivity contribution in [3.63, 3.8) is 0 Å². The van der Waals surface area contributed by atoms with Crippen LogP contribution in [0.25, 0.3) is 0 Å². The van der Waals surface area contributed by atoms with Crippen LogP contribution in [-0.2, 0) is 9.84 Å². The Balaban J connectivity index is 2.77. The molecule has 6 heteroatoms. The third-order valence-corrected chi connectivity index (χ3v) is 5.23. The van der Waals surface area contributed by atoms with Gasteiger partial charge in [-0.1, -0.05) is 13.8 Å². The summed E-state index contributed by atoms with van der Waals surface area (Å²) >= 11 is 0. The molecule has 0 heterocycles. The SMILES string of the molecule is CCC(CC)(CN)CNC(=O)c1ccc(S(C)(=O)=O)cc1. The number of carbonyl (C=O) groups is 1. The van der Waals surface area contributed by atoms with Crippen LogP contribution in [0.5, 0.6) is 0 Å². The van der Waals surface area contributed by atoms with Gasteiger partial charge in [0.25, 0.3) is 5.91 Å². The molecule has 1 aromatic rings. The molecule has 0 fully saturated rings. The quantitative estimate of drug-likeness (QED) is 0.800. The van der Waals surface area contributed by atoms with Crippen LogP contribution in [-0.4, -0.2) is 33.7 Å². The predicted molar refractivity (Wildman–Crippen MR) is 84.0 cm³/mol. The summed E-state index contributed by atoms with van der Waals surface area (Å²) < 4.78 is 22.7. The second-order valence-corrected chi connectivity index (χ2v) is 7.41. The third-order valence-electron chi connectivity index (χ3n) is 4.10. The molecular formula is C15H24N2O3S. The summed E-state index contributed by atoms with van der Waals surface area (Å²) in [7, 11) is -3.24. The third kappa shape index (κ3) is 4.54. The molecule has 0 spiro atoms. The Morgan fingerprint density at radius 3 is 2.10 bits per heavy atom. The first kappa shape index (κ1) is 17.7. The van der Waals surface area contributed by atoms with Crippen LogP contribution < -0.4 is 11.1 Å². The molecule has 0 aliphatic carbocycles. The van der Waals surface area contributed by atoms with Gasteiger partial charge < -0.3 is 11.1 Å². The molecule has 21 heavy (non-hydrogen) atoms. The molecule has 0 saturated heterocycles. The zero-order valence-corrected chi connectivity index (χ0v) is 13.7. The fourth-order valence-corrected chi connectivity index (χ4v) is 2.71. The first-order chi connectivity index (χ1) is 9.78. The fourth-order valence-electron chi connectivity index (χ4n) is 2.08. The molecular weight excluding hydrogens is 288 g/mol. The van der Waals surface area contributed by atoms with E-state index in [4.69, 9.17) is 5.73 Å². The van der Waals surface area contributed by atoms with Gasteiger partial charge in [0, 0.05) is 18.4 Å². The maximum atomic E-state index is 12.1. The minimum absolute atomic E-state index is 0.0810. The largest absolute Gasteiger partial charge is 0.351 e. The van der Waals surface area contributed by atoms with Gasteiger partial charge in [-0.3, -0.25) is 4.79 Å². The Morgan fingerprint density at radius 2 is 1.71 bits per heavy atom. The van der Waals surface area contributed by atoms with Gasteiger partial charge in [0.15, 0.2) is 9.84 Å². The summed E-state index contributed by atoms with van der Waals surface area (Å²) in [5.41, 5.74) is 6.17. The van der Waals surface area contributed by atoms with Gasteiger partial charge in [0.1, 0.15) is 0 Å². The minimum Gasteiger partial charge on any atom is -0.351 e. The number of sulfone groups is 1. The molecule has 0 bridgehead atoms. The van der Waals surface area contributed by atoms with E-state index in [1.165, 1.54) is 24.3 Å². The Bertz CT molecular complexity index is 567. The molecule has 5 nitrogen and oxygen atoms in total. The van der Waals surface area contributed by atoms with E-state index >= 15 is 0 Å². The normalized spacial score (nSPS) is 12.2. The Hall–Kier alpha value is -1.40. The van der Waals surface area contributed by atoms with Crippen LogP contribution in [0.3, 0.4) is 0 Å². The smallest absolute Gasteiger partial charge is 0.251 e. The van der Waals surface area contributed by atoms with Crippen molar-refractivity contribution in [3.05, 3.63) is 29.8 Å². The van der Waals surface area contributed by atoms with Gasteiger partial charge in [-0.25, -0.2) is 8.42 Å². The fraction of sp³-hybridized carbons (Fsp3) is 0.533. The molecule has 0 saturated carbocycles. The van der Waals surface area contributed by atoms with Crippen LogP contribution >= 0.6 is 0 Å². The van der Waals surface area contributed by atoms with Gasteiger partial charge >= 0.3 is 0 Å². The molecule has 1 aromatic carbocycles. The van der Waals surface area contributed by atoms with E-state index in [0.29, 0.717) is 18.7 Å². The maximum Gasteiger partial charge on any atom is 0.251 e. The lowest BCUT2D eigenvalue weighted by molar-refractivity contribution is 0.0928. The maximum absolute atomic E-state index is 12.1. The molecule has 0 aromatic heterocycles. The lowest BCUT2D eigenvalue weighted by atomic mass is 9.82. The zero-order chi connectivity index (χ0) is 16.1. The van der Waals surface area contributed by atoms with Crippen molar-refractivity contribution < 1.29 is 13.2 Å². The molecule has 3 N–H and O–H groups in total. The molecule has 0 radical (unpaired) electrons. The van der Waals surface area contributed by atoms with E-state index in [0.717, 1.165) is 19.1 Å². The van der Waals surface area contributed by atoms with Gasteiger partial charge in [-0.2, -0.15) is 0 Å². The number of benzene rings is 1. The van der Waals surface area contributed by atoms with Gasteiger partial charge in [-0.15, -0.1) is 0 Å². The number of hydrogen-bond donors (Lipinski definition) is 2. The molecule has 0 unspecified atom stereocenters. The summed E-state index contributed by atoms with van der Waals surface area (Å²) in [6, 6.07) is 5.93. The van der Waals surface area contributed by atoms with E-state index in [2.05, 4.69) is 19.2 Å². The first-order valence-electron chi connectivity index (χ1n) is 7.06. The van der Waals surface area contributed by atoms with Crippen LogP contribution in [0.15, 0.2) is 29.2 Å². The number of nitrogens with two attached hydrogens (primary N) is 1. The predicted octanol–water partition coefficient (Wildman–Crippen LogP) is 1.58. The molecule has 0 aliphatic heterocycles. The molecule has 1 rings (SSSR count). The van der Waals surface area contributed by atoms with Crippen molar-refractivity contribution in [1.29, 1.82) is 0 Å². The van der Waals surface area contributed by atoms with Crippen LogP contribution in [0.1, 0.15) is 37.0 Å². The number of nitrogens with one attached hydrogen (secondary N) is 1. The second kappa shape index (κ2) is 7.04. The lowest BCUT2D eigenvalue weighted by Gasteiger charge is -2.30. The van der Waals surface area contributed by atoms with Crippen molar-refractivity contribution in [2.24, 2.45) is 11.1 Å². The Labute approximate surface area is 126 Å². The van der Waals surface area contributed by atoms with Crippen molar-refractivity contribution in [2.75, 3.05) is 19.3 Å². The Morgan fingerprint density at radius 1 is 1.19 bits per heavy atom. The highest BCUT2D eigenvalue weighted by molar-refractivity contribution is 7.90. The van der Waals surface area contributed by atoms with Crippen LogP contribution in [0, 0.1) is 5.41 Å². The zero-order valence-electron chi connectivity index (χ0n) is 12.8. The monoisotopic (exact) mass is 312 g/mol. The van der Waals surface area contributed by atoms with Gasteiger partial charge in [-0.05, 0) is 49.1 Å². The highest BCUT2D eigenvalue weighted by Crippen LogP contribution is 2.23. The number of carbonyl (C=O) groups excluding carboxylic acids is 1. The average Bonchev–Trinajstić information content (AvgIpc) is 2.48. The van der Waals surface area contributed by atoms with E-state index in [-0.39, 0.29) is 16.2 Å². The molecule has 0 aliphatic rings. The summed E-state index contributed by atoms with van der Waals surface area (Å²) in [5.74, 6) is -0.213. The highest BCUT2D eigenvalue weighted by atomic mass is 32.2. The van der Waals surface area contributed by atoms with Crippen LogP contribution in [0.2, 0.25) is 0 Å². The topological polar surface area (TPSA) is 89.3 Å². The van der Waals surface area contributed by atoms with Crippen molar-refractivity contribution in [1.82, 2.24) is 5.32 Å². The van der Waals surface area contributed by atoms with E-state index in [1.807, 2.05) is 0 Å². The minimum atomic E-state index is -3.24. The highest BCUT2D eigenvalue weighted by Gasteiger charge is 2.25. The van der Waals surface area contributed by atoms with Crippen LogP contribution in [0.4, 0.5) is 0 Å². The number of amides is 1. The van der Waals surface area contributed by atoms with E-state index in [1.54, 1.807) is 0 Å². The summed E-state index contributed by atoms with van der Waals surface area (Å²) in [4.78, 5) is 12.3. The van der Waals surface area contributed by atoms with E-state index < -0.39 is 9.84 Å². The van der Waals surface area contributed by atoms with Crippen molar-refractivity contribution >= 4 is 15.7 Å². The van der Waals surface area contributed by atoms with E-state index in [9.17, 15) is 13.2 Å². The summed E-state index contributed by atoms with van der Waals surface area (Å²) in [6.07, 6.45) is 2.93. The lowest BCUT2D eigenvalue weighted by Crippen LogP contribution is -2.41.